The molecule has 0 saturated heterocycles. The summed E-state index contributed by atoms with van der Waals surface area (Å²) in [7, 11) is 0. The molecule has 0 bridgehead atoms. The fourth-order valence-corrected chi connectivity index (χ4v) is 1.74. The zero-order valence-corrected chi connectivity index (χ0v) is 11.9. The topological polar surface area (TPSA) is 44.5 Å². The molecular formula is C14H22ClNO2. The number of hydrogen-bond acceptors (Lipinski definition) is 3. The largest absolute Gasteiger partial charge is 0.493 e. The predicted octanol–water partition coefficient (Wildman–Crippen LogP) is 3.09. The number of aryl methyl sites for hydroxylation is 2. The second-order valence-corrected chi connectivity index (χ2v) is 4.71. The van der Waals surface area contributed by atoms with Gasteiger partial charge in [-0.15, -0.1) is 0 Å². The molecule has 0 spiro atoms. The molecule has 0 aromatic heterocycles. The van der Waals surface area contributed by atoms with Gasteiger partial charge >= 0.3 is 0 Å². The lowest BCUT2D eigenvalue weighted by Crippen LogP contribution is -2.07. The first kappa shape index (κ1) is 15.3. The molecule has 1 aromatic carbocycles. The SMILES string of the molecule is Cc1cc(OCCCOCCCN)cc(C)c1Cl. The molecule has 1 rings (SSSR count). The molecule has 0 unspecified atom stereocenters. The number of ether oxygens (including phenoxy) is 2. The molecule has 1 aromatic rings. The second kappa shape index (κ2) is 8.35. The molecule has 0 atom stereocenters. The maximum Gasteiger partial charge on any atom is 0.119 e. The number of halogens is 1. The highest BCUT2D eigenvalue weighted by atomic mass is 35.5. The fourth-order valence-electron chi connectivity index (χ4n) is 1.63. The Labute approximate surface area is 114 Å². The molecule has 0 aliphatic heterocycles. The third-order valence-electron chi connectivity index (χ3n) is 2.60. The Morgan fingerprint density at radius 3 is 2.28 bits per heavy atom. The van der Waals surface area contributed by atoms with E-state index in [0.29, 0.717) is 19.8 Å². The van der Waals surface area contributed by atoms with Gasteiger partial charge in [0.2, 0.25) is 0 Å². The van der Waals surface area contributed by atoms with E-state index in [2.05, 4.69) is 0 Å². The fraction of sp³-hybridized carbons (Fsp3) is 0.571. The Hall–Kier alpha value is -0.770. The normalized spacial score (nSPS) is 10.7. The van der Waals surface area contributed by atoms with Crippen LogP contribution >= 0.6 is 11.6 Å². The molecule has 0 aliphatic carbocycles. The number of benzene rings is 1. The van der Waals surface area contributed by atoms with E-state index in [1.807, 2.05) is 26.0 Å². The average molecular weight is 272 g/mol. The first-order valence-electron chi connectivity index (χ1n) is 6.32. The van der Waals surface area contributed by atoms with Crippen LogP contribution in [-0.2, 0) is 4.74 Å². The van der Waals surface area contributed by atoms with Crippen molar-refractivity contribution in [3.63, 3.8) is 0 Å². The Morgan fingerprint density at radius 1 is 1.06 bits per heavy atom. The minimum Gasteiger partial charge on any atom is -0.493 e. The quantitative estimate of drug-likeness (QED) is 0.739. The highest BCUT2D eigenvalue weighted by Crippen LogP contribution is 2.25. The minimum absolute atomic E-state index is 0.656. The average Bonchev–Trinajstić information content (AvgIpc) is 2.34. The molecule has 4 heteroatoms. The Kier molecular flexibility index (Phi) is 7.09. The molecule has 2 N–H and O–H groups in total. The van der Waals surface area contributed by atoms with Crippen molar-refractivity contribution in [2.24, 2.45) is 5.73 Å². The van der Waals surface area contributed by atoms with E-state index in [9.17, 15) is 0 Å². The van der Waals surface area contributed by atoms with Crippen LogP contribution in [0.2, 0.25) is 5.02 Å². The number of rotatable bonds is 8. The second-order valence-electron chi connectivity index (χ2n) is 4.33. The van der Waals surface area contributed by atoms with Crippen molar-refractivity contribution in [1.82, 2.24) is 0 Å². The Balaban J connectivity index is 2.23. The number of hydrogen-bond donors (Lipinski definition) is 1. The summed E-state index contributed by atoms with van der Waals surface area (Å²) in [5.74, 6) is 0.872. The predicted molar refractivity (Wildman–Crippen MR) is 75.5 cm³/mol. The van der Waals surface area contributed by atoms with Crippen molar-refractivity contribution in [1.29, 1.82) is 0 Å². The van der Waals surface area contributed by atoms with Crippen molar-refractivity contribution < 1.29 is 9.47 Å². The zero-order valence-electron chi connectivity index (χ0n) is 11.2. The van der Waals surface area contributed by atoms with Crippen LogP contribution in [0, 0.1) is 13.8 Å². The van der Waals surface area contributed by atoms with Crippen molar-refractivity contribution >= 4 is 11.6 Å². The molecule has 0 amide bonds. The summed E-state index contributed by atoms with van der Waals surface area (Å²) in [6, 6.07) is 3.93. The summed E-state index contributed by atoms with van der Waals surface area (Å²) in [6.45, 7) is 6.75. The van der Waals surface area contributed by atoms with Gasteiger partial charge in [-0.1, -0.05) is 11.6 Å². The van der Waals surface area contributed by atoms with E-state index in [4.69, 9.17) is 26.8 Å². The van der Waals surface area contributed by atoms with Gasteiger partial charge in [0.1, 0.15) is 5.75 Å². The minimum atomic E-state index is 0.656. The van der Waals surface area contributed by atoms with Gasteiger partial charge in [-0.2, -0.15) is 0 Å². The van der Waals surface area contributed by atoms with Crippen molar-refractivity contribution in [2.45, 2.75) is 26.7 Å². The molecule has 0 heterocycles. The van der Waals surface area contributed by atoms with Gasteiger partial charge in [0.15, 0.2) is 0 Å². The third-order valence-corrected chi connectivity index (χ3v) is 3.20. The monoisotopic (exact) mass is 271 g/mol. The van der Waals surface area contributed by atoms with E-state index >= 15 is 0 Å². The summed E-state index contributed by atoms with van der Waals surface area (Å²) in [5, 5.41) is 0.812. The van der Waals surface area contributed by atoms with Gasteiger partial charge in [-0.05, 0) is 50.1 Å². The van der Waals surface area contributed by atoms with Crippen LogP contribution in [0.3, 0.4) is 0 Å². The standard InChI is InChI=1S/C14H22ClNO2/c1-11-9-13(10-12(2)14(11)15)18-8-4-7-17-6-3-5-16/h9-10H,3-8,16H2,1-2H3. The molecule has 0 aliphatic rings. The molecule has 3 nitrogen and oxygen atoms in total. The van der Waals surface area contributed by atoms with Crippen LogP contribution < -0.4 is 10.5 Å². The van der Waals surface area contributed by atoms with Crippen molar-refractivity contribution in [3.05, 3.63) is 28.3 Å². The van der Waals surface area contributed by atoms with Crippen LogP contribution in [0.1, 0.15) is 24.0 Å². The lowest BCUT2D eigenvalue weighted by Gasteiger charge is -2.10. The van der Waals surface area contributed by atoms with E-state index in [1.54, 1.807) is 0 Å². The van der Waals surface area contributed by atoms with Crippen LogP contribution in [0.5, 0.6) is 5.75 Å². The van der Waals surface area contributed by atoms with Gasteiger partial charge in [-0.25, -0.2) is 0 Å². The van der Waals surface area contributed by atoms with Crippen LogP contribution in [0.15, 0.2) is 12.1 Å². The van der Waals surface area contributed by atoms with Gasteiger partial charge in [0, 0.05) is 24.7 Å². The Morgan fingerprint density at radius 2 is 1.67 bits per heavy atom. The molecule has 0 fully saturated rings. The summed E-state index contributed by atoms with van der Waals surface area (Å²) in [5.41, 5.74) is 7.46. The lowest BCUT2D eigenvalue weighted by atomic mass is 10.1. The van der Waals surface area contributed by atoms with Crippen LogP contribution in [-0.4, -0.2) is 26.4 Å². The summed E-state index contributed by atoms with van der Waals surface area (Å²) in [4.78, 5) is 0. The summed E-state index contributed by atoms with van der Waals surface area (Å²) in [6.07, 6.45) is 1.79. The van der Waals surface area contributed by atoms with Gasteiger partial charge in [-0.3, -0.25) is 0 Å². The van der Waals surface area contributed by atoms with Crippen molar-refractivity contribution in [3.8, 4) is 5.75 Å². The maximum atomic E-state index is 6.10. The van der Waals surface area contributed by atoms with E-state index in [0.717, 1.165) is 41.3 Å². The highest BCUT2D eigenvalue weighted by molar-refractivity contribution is 6.32. The van der Waals surface area contributed by atoms with Crippen LogP contribution in [0.25, 0.3) is 0 Å². The molecule has 18 heavy (non-hydrogen) atoms. The molecule has 0 saturated carbocycles. The first-order valence-corrected chi connectivity index (χ1v) is 6.70. The molecular weight excluding hydrogens is 250 g/mol. The van der Waals surface area contributed by atoms with Crippen molar-refractivity contribution in [2.75, 3.05) is 26.4 Å². The smallest absolute Gasteiger partial charge is 0.119 e. The highest BCUT2D eigenvalue weighted by Gasteiger charge is 2.03. The number of nitrogens with two attached hydrogens (primary N) is 1. The Bertz CT molecular complexity index is 346. The molecule has 102 valence electrons. The van der Waals surface area contributed by atoms with E-state index in [1.165, 1.54) is 0 Å². The van der Waals surface area contributed by atoms with Gasteiger partial charge in [0.05, 0.1) is 6.61 Å². The first-order chi connectivity index (χ1) is 8.65. The lowest BCUT2D eigenvalue weighted by molar-refractivity contribution is 0.118. The van der Waals surface area contributed by atoms with Crippen LogP contribution in [0.4, 0.5) is 0 Å². The summed E-state index contributed by atoms with van der Waals surface area (Å²) >= 11 is 6.10. The van der Waals surface area contributed by atoms with E-state index in [-0.39, 0.29) is 0 Å². The summed E-state index contributed by atoms with van der Waals surface area (Å²) < 4.78 is 11.1. The zero-order chi connectivity index (χ0) is 13.4. The van der Waals surface area contributed by atoms with E-state index < -0.39 is 0 Å². The van der Waals surface area contributed by atoms with Gasteiger partial charge < -0.3 is 15.2 Å². The third kappa shape index (κ3) is 5.25. The maximum absolute atomic E-state index is 6.10. The van der Waals surface area contributed by atoms with Gasteiger partial charge in [0.25, 0.3) is 0 Å². The molecule has 0 radical (unpaired) electrons.